The summed E-state index contributed by atoms with van der Waals surface area (Å²) in [5, 5.41) is 17.5. The average molecular weight is 281 g/mol. The highest BCUT2D eigenvalue weighted by molar-refractivity contribution is 7.99. The lowest BCUT2D eigenvalue weighted by atomic mass is 10.3. The van der Waals surface area contributed by atoms with Crippen LogP contribution in [0.3, 0.4) is 0 Å². The van der Waals surface area contributed by atoms with Crippen LogP contribution in [0, 0.1) is 0 Å². The Labute approximate surface area is 116 Å². The van der Waals surface area contributed by atoms with E-state index in [9.17, 15) is 0 Å². The van der Waals surface area contributed by atoms with Crippen molar-refractivity contribution in [3.63, 3.8) is 0 Å². The van der Waals surface area contributed by atoms with Crippen molar-refractivity contribution in [1.29, 1.82) is 0 Å². The van der Waals surface area contributed by atoms with Gasteiger partial charge in [0.1, 0.15) is 11.6 Å². The maximum Gasteiger partial charge on any atom is 0.163 e. The molecule has 2 N–H and O–H groups in total. The smallest absolute Gasteiger partial charge is 0.163 e. The second kappa shape index (κ2) is 6.21. The lowest BCUT2D eigenvalue weighted by Gasteiger charge is -2.09. The van der Waals surface area contributed by atoms with Crippen molar-refractivity contribution in [1.82, 2.24) is 19.7 Å². The first-order valence-electron chi connectivity index (χ1n) is 6.24. The number of hydrogen-bond acceptors (Lipinski definition) is 6. The molecule has 19 heavy (non-hydrogen) atoms. The van der Waals surface area contributed by atoms with Gasteiger partial charge in [-0.25, -0.2) is 9.97 Å². The molecule has 0 fully saturated rings. The maximum atomic E-state index is 8.90. The first-order chi connectivity index (χ1) is 9.15. The molecule has 104 valence electrons. The van der Waals surface area contributed by atoms with Crippen molar-refractivity contribution in [2.45, 2.75) is 24.3 Å². The van der Waals surface area contributed by atoms with Crippen molar-refractivity contribution in [2.24, 2.45) is 7.05 Å². The third-order valence-electron chi connectivity index (χ3n) is 2.91. The van der Waals surface area contributed by atoms with E-state index in [0.717, 1.165) is 34.8 Å². The number of aliphatic hydroxyl groups is 1. The van der Waals surface area contributed by atoms with Crippen LogP contribution in [0.5, 0.6) is 0 Å². The Kier molecular flexibility index (Phi) is 4.60. The summed E-state index contributed by atoms with van der Waals surface area (Å²) in [6.45, 7) is 2.32. The molecule has 2 aromatic heterocycles. The zero-order valence-corrected chi connectivity index (χ0v) is 12.2. The van der Waals surface area contributed by atoms with Gasteiger partial charge < -0.3 is 10.4 Å². The minimum Gasteiger partial charge on any atom is -0.396 e. The monoisotopic (exact) mass is 281 g/mol. The zero-order chi connectivity index (χ0) is 13.8. The standard InChI is InChI=1S/C12H19N5OS/c1-8(4-5-18)19-7-10-15-11(13-2)9-6-14-17(3)12(9)16-10/h6,8,18H,4-5,7H2,1-3H3,(H,13,15,16). The number of aryl methyl sites for hydroxylation is 1. The number of nitrogens with one attached hydrogen (secondary N) is 1. The largest absolute Gasteiger partial charge is 0.396 e. The molecule has 0 spiro atoms. The molecule has 7 heteroatoms. The molecule has 0 radical (unpaired) electrons. The van der Waals surface area contributed by atoms with E-state index in [1.54, 1.807) is 22.6 Å². The number of thioether (sulfide) groups is 1. The number of fused-ring (bicyclic) bond motifs is 1. The summed E-state index contributed by atoms with van der Waals surface area (Å²) in [5.41, 5.74) is 0.838. The van der Waals surface area contributed by atoms with Crippen LogP contribution in [-0.2, 0) is 12.8 Å². The number of aliphatic hydroxyl groups excluding tert-OH is 1. The van der Waals surface area contributed by atoms with Gasteiger partial charge >= 0.3 is 0 Å². The highest BCUT2D eigenvalue weighted by atomic mass is 32.2. The number of hydrogen-bond donors (Lipinski definition) is 2. The van der Waals surface area contributed by atoms with Crippen LogP contribution in [-0.4, -0.2) is 43.8 Å². The second-order valence-corrected chi connectivity index (χ2v) is 5.80. The Morgan fingerprint density at radius 3 is 2.95 bits per heavy atom. The van der Waals surface area contributed by atoms with E-state index in [2.05, 4.69) is 27.3 Å². The van der Waals surface area contributed by atoms with Gasteiger partial charge in [0.05, 0.1) is 17.3 Å². The second-order valence-electron chi connectivity index (χ2n) is 4.38. The Hall–Kier alpha value is -1.34. The van der Waals surface area contributed by atoms with Crippen LogP contribution >= 0.6 is 11.8 Å². The number of anilines is 1. The highest BCUT2D eigenvalue weighted by Gasteiger charge is 2.11. The minimum absolute atomic E-state index is 0.220. The molecule has 2 rings (SSSR count). The molecule has 0 aromatic carbocycles. The van der Waals surface area contributed by atoms with Crippen LogP contribution in [0.2, 0.25) is 0 Å². The molecule has 0 aliphatic heterocycles. The molecular formula is C12H19N5OS. The van der Waals surface area contributed by atoms with Crippen molar-refractivity contribution >= 4 is 28.6 Å². The van der Waals surface area contributed by atoms with Gasteiger partial charge in [-0.05, 0) is 6.42 Å². The SMILES string of the molecule is CNc1nc(CSC(C)CCO)nc2c1cnn2C. The molecule has 0 bridgehead atoms. The lowest BCUT2D eigenvalue weighted by molar-refractivity contribution is 0.289. The number of rotatable bonds is 6. The molecule has 1 unspecified atom stereocenters. The van der Waals surface area contributed by atoms with Crippen molar-refractivity contribution in [2.75, 3.05) is 19.0 Å². The van der Waals surface area contributed by atoms with Crippen LogP contribution in [0.25, 0.3) is 11.0 Å². The normalized spacial score (nSPS) is 12.8. The van der Waals surface area contributed by atoms with Crippen LogP contribution in [0.4, 0.5) is 5.82 Å². The first-order valence-corrected chi connectivity index (χ1v) is 7.29. The lowest BCUT2D eigenvalue weighted by Crippen LogP contribution is -2.05. The van der Waals surface area contributed by atoms with Gasteiger partial charge in [-0.2, -0.15) is 16.9 Å². The zero-order valence-electron chi connectivity index (χ0n) is 11.4. The van der Waals surface area contributed by atoms with Gasteiger partial charge in [-0.3, -0.25) is 4.68 Å². The van der Waals surface area contributed by atoms with Gasteiger partial charge in [0.2, 0.25) is 0 Å². The molecule has 0 aliphatic carbocycles. The summed E-state index contributed by atoms with van der Waals surface area (Å²) in [6, 6.07) is 0. The topological polar surface area (TPSA) is 75.9 Å². The predicted molar refractivity (Wildman–Crippen MR) is 78.3 cm³/mol. The predicted octanol–water partition coefficient (Wildman–Crippen LogP) is 1.41. The summed E-state index contributed by atoms with van der Waals surface area (Å²) in [6.07, 6.45) is 2.56. The Balaban J connectivity index is 2.21. The Morgan fingerprint density at radius 2 is 2.26 bits per heavy atom. The molecule has 0 saturated heterocycles. The van der Waals surface area contributed by atoms with Crippen LogP contribution in [0.1, 0.15) is 19.2 Å². The van der Waals surface area contributed by atoms with Gasteiger partial charge in [-0.15, -0.1) is 0 Å². The van der Waals surface area contributed by atoms with E-state index < -0.39 is 0 Å². The van der Waals surface area contributed by atoms with Crippen molar-refractivity contribution in [3.8, 4) is 0 Å². The Morgan fingerprint density at radius 1 is 1.47 bits per heavy atom. The summed E-state index contributed by atoms with van der Waals surface area (Å²) in [7, 11) is 3.72. The fourth-order valence-electron chi connectivity index (χ4n) is 1.80. The van der Waals surface area contributed by atoms with Crippen LogP contribution in [0.15, 0.2) is 6.20 Å². The third kappa shape index (κ3) is 3.16. The quantitative estimate of drug-likeness (QED) is 0.834. The minimum atomic E-state index is 0.220. The first kappa shape index (κ1) is 14.1. The summed E-state index contributed by atoms with van der Waals surface area (Å²) >= 11 is 1.75. The number of nitrogens with zero attached hydrogens (tertiary/aromatic N) is 4. The van der Waals surface area contributed by atoms with E-state index in [4.69, 9.17) is 5.11 Å². The molecule has 1 atom stereocenters. The summed E-state index contributed by atoms with van der Waals surface area (Å²) in [4.78, 5) is 9.05. The third-order valence-corrected chi connectivity index (χ3v) is 4.14. The summed E-state index contributed by atoms with van der Waals surface area (Å²) < 4.78 is 1.75. The fourth-order valence-corrected chi connectivity index (χ4v) is 2.64. The molecule has 2 aromatic rings. The highest BCUT2D eigenvalue weighted by Crippen LogP contribution is 2.23. The average Bonchev–Trinajstić information content (AvgIpc) is 2.78. The van der Waals surface area contributed by atoms with Gasteiger partial charge in [0.15, 0.2) is 5.65 Å². The fraction of sp³-hybridized carbons (Fsp3) is 0.583. The Bertz CT molecular complexity index is 556. The van der Waals surface area contributed by atoms with Gasteiger partial charge in [0.25, 0.3) is 0 Å². The van der Waals surface area contributed by atoms with Gasteiger partial charge in [-0.1, -0.05) is 6.92 Å². The molecule has 2 heterocycles. The summed E-state index contributed by atoms with van der Waals surface area (Å²) in [5.74, 6) is 2.33. The number of aromatic nitrogens is 4. The van der Waals surface area contributed by atoms with Crippen LogP contribution < -0.4 is 5.32 Å². The van der Waals surface area contributed by atoms with E-state index in [1.807, 2.05) is 14.1 Å². The molecule has 0 aliphatic rings. The molecular weight excluding hydrogens is 262 g/mol. The maximum absolute atomic E-state index is 8.90. The molecule has 0 saturated carbocycles. The molecule has 0 amide bonds. The van der Waals surface area contributed by atoms with E-state index in [0.29, 0.717) is 5.25 Å². The van der Waals surface area contributed by atoms with E-state index >= 15 is 0 Å². The van der Waals surface area contributed by atoms with E-state index in [1.165, 1.54) is 0 Å². The van der Waals surface area contributed by atoms with Gasteiger partial charge in [0, 0.05) is 26.0 Å². The van der Waals surface area contributed by atoms with E-state index in [-0.39, 0.29) is 6.61 Å². The van der Waals surface area contributed by atoms with Crippen molar-refractivity contribution in [3.05, 3.63) is 12.0 Å². The molecule has 6 nitrogen and oxygen atoms in total. The van der Waals surface area contributed by atoms with Crippen molar-refractivity contribution < 1.29 is 5.11 Å².